The Labute approximate surface area is 104 Å². The van der Waals surface area contributed by atoms with Crippen LogP contribution in [0.1, 0.15) is 0 Å². The Morgan fingerprint density at radius 1 is 1.25 bits per heavy atom. The van der Waals surface area contributed by atoms with Gasteiger partial charge in [-0.1, -0.05) is 11.6 Å². The number of hydrogen-bond acceptors (Lipinski definition) is 2. The van der Waals surface area contributed by atoms with Crippen molar-refractivity contribution in [2.45, 2.75) is 0 Å². The molecule has 1 heterocycles. The molecule has 0 aliphatic carbocycles. The quantitative estimate of drug-likeness (QED) is 0.749. The second-order valence-corrected chi connectivity index (χ2v) is 2.94. The molecule has 0 aliphatic rings. The van der Waals surface area contributed by atoms with E-state index in [1.807, 2.05) is 0 Å². The zero-order chi connectivity index (χ0) is 10.8. The monoisotopic (exact) mass is 399 g/mol. The van der Waals surface area contributed by atoms with E-state index in [1.165, 1.54) is 18.3 Å². The predicted octanol–water partition coefficient (Wildman–Crippen LogP) is 2.53. The first-order valence-electron chi connectivity index (χ1n) is 4.19. The maximum Gasteiger partial charge on any atom is 0.110 e. The van der Waals surface area contributed by atoms with E-state index >= 15 is 0 Å². The summed E-state index contributed by atoms with van der Waals surface area (Å²) in [4.78, 5) is 3.85. The van der Waals surface area contributed by atoms with E-state index in [9.17, 15) is 8.78 Å². The summed E-state index contributed by atoms with van der Waals surface area (Å²) >= 11 is 0. The van der Waals surface area contributed by atoms with Crippen LogP contribution in [-0.2, 0) is 20.1 Å². The largest absolute Gasteiger partial charge is 0.509 e. The molecule has 0 bridgehead atoms. The standard InChI is InChI=1S/C11H6F2NO.Ir/c12-7-1-2-9(10(13)5-7)11-6-8(15)3-4-14-11;/h1,3-6H,(H,14,15);/q-1;. The summed E-state index contributed by atoms with van der Waals surface area (Å²) < 4.78 is 25.9. The minimum absolute atomic E-state index is 0. The van der Waals surface area contributed by atoms with E-state index in [-0.39, 0.29) is 37.1 Å². The number of halogens is 2. The number of aromatic hydroxyl groups is 1. The smallest absolute Gasteiger partial charge is 0.110 e. The van der Waals surface area contributed by atoms with Crippen molar-refractivity contribution in [2.24, 2.45) is 0 Å². The predicted molar refractivity (Wildman–Crippen MR) is 50.1 cm³/mol. The SMILES string of the molecule is Oc1ccnc(-c2[c-]cc(F)cc2F)c1.[Ir]. The van der Waals surface area contributed by atoms with Gasteiger partial charge < -0.3 is 10.1 Å². The number of hydrogen-bond donors (Lipinski definition) is 1. The fraction of sp³-hybridized carbons (Fsp3) is 0. The van der Waals surface area contributed by atoms with Gasteiger partial charge in [-0.2, -0.15) is 0 Å². The maximum absolute atomic E-state index is 13.3. The van der Waals surface area contributed by atoms with E-state index in [0.717, 1.165) is 12.1 Å². The van der Waals surface area contributed by atoms with E-state index in [1.54, 1.807) is 0 Å². The van der Waals surface area contributed by atoms with Crippen LogP contribution in [0.25, 0.3) is 11.3 Å². The topological polar surface area (TPSA) is 33.1 Å². The van der Waals surface area contributed by atoms with Crippen molar-refractivity contribution in [3.8, 4) is 17.0 Å². The van der Waals surface area contributed by atoms with Crippen LogP contribution in [0.2, 0.25) is 0 Å². The number of nitrogens with zero attached hydrogens (tertiary/aromatic N) is 1. The molecule has 0 spiro atoms. The molecule has 1 radical (unpaired) electrons. The molecule has 16 heavy (non-hydrogen) atoms. The summed E-state index contributed by atoms with van der Waals surface area (Å²) in [6, 6.07) is 6.84. The molecular formula is C11H6F2IrNO-. The minimum atomic E-state index is -0.756. The molecule has 0 fully saturated rings. The third-order valence-electron chi connectivity index (χ3n) is 1.86. The molecule has 0 saturated carbocycles. The van der Waals surface area contributed by atoms with Crippen LogP contribution < -0.4 is 0 Å². The van der Waals surface area contributed by atoms with Crippen LogP contribution in [-0.4, -0.2) is 10.1 Å². The van der Waals surface area contributed by atoms with Gasteiger partial charge in [0.1, 0.15) is 5.75 Å². The summed E-state index contributed by atoms with van der Waals surface area (Å²) in [5.74, 6) is -1.48. The van der Waals surface area contributed by atoms with Gasteiger partial charge in [-0.15, -0.1) is 12.1 Å². The Morgan fingerprint density at radius 2 is 2.00 bits per heavy atom. The van der Waals surface area contributed by atoms with Crippen molar-refractivity contribution in [1.29, 1.82) is 0 Å². The van der Waals surface area contributed by atoms with Crippen LogP contribution >= 0.6 is 0 Å². The zero-order valence-electron chi connectivity index (χ0n) is 7.87. The number of benzene rings is 1. The number of pyridine rings is 1. The van der Waals surface area contributed by atoms with Crippen molar-refractivity contribution in [1.82, 2.24) is 4.98 Å². The first kappa shape index (κ1) is 12.7. The average Bonchev–Trinajstić information content (AvgIpc) is 2.17. The molecule has 2 aromatic rings. The molecular weight excluding hydrogens is 392 g/mol. The number of rotatable bonds is 1. The fourth-order valence-corrected chi connectivity index (χ4v) is 1.20. The Kier molecular flexibility index (Phi) is 4.10. The Balaban J connectivity index is 0.00000128. The molecule has 0 atom stereocenters. The van der Waals surface area contributed by atoms with Gasteiger partial charge in [0.15, 0.2) is 0 Å². The van der Waals surface area contributed by atoms with Crippen molar-refractivity contribution in [3.63, 3.8) is 0 Å². The number of aromatic nitrogens is 1. The average molecular weight is 398 g/mol. The maximum atomic E-state index is 13.3. The second kappa shape index (κ2) is 5.14. The molecule has 0 saturated heterocycles. The normalized spacial score (nSPS) is 9.62. The molecule has 0 amide bonds. The van der Waals surface area contributed by atoms with E-state index in [4.69, 9.17) is 5.11 Å². The summed E-state index contributed by atoms with van der Waals surface area (Å²) in [5.41, 5.74) is 0.250. The van der Waals surface area contributed by atoms with Gasteiger partial charge in [0.2, 0.25) is 0 Å². The molecule has 1 aromatic carbocycles. The van der Waals surface area contributed by atoms with Crippen molar-refractivity contribution < 1.29 is 34.0 Å². The van der Waals surface area contributed by atoms with Gasteiger partial charge in [0, 0.05) is 37.9 Å². The van der Waals surface area contributed by atoms with Gasteiger partial charge in [-0.05, 0) is 17.8 Å². The van der Waals surface area contributed by atoms with Gasteiger partial charge in [0.25, 0.3) is 0 Å². The van der Waals surface area contributed by atoms with Crippen LogP contribution in [0.4, 0.5) is 8.78 Å². The van der Waals surface area contributed by atoms with Gasteiger partial charge in [0.05, 0.1) is 0 Å². The summed E-state index contributed by atoms with van der Waals surface area (Å²) in [5, 5.41) is 9.17. The molecule has 2 nitrogen and oxygen atoms in total. The first-order chi connectivity index (χ1) is 7.16. The van der Waals surface area contributed by atoms with Crippen molar-refractivity contribution >= 4 is 0 Å². The summed E-state index contributed by atoms with van der Waals surface area (Å²) in [6.07, 6.45) is 1.33. The Morgan fingerprint density at radius 3 is 2.62 bits per heavy atom. The third-order valence-corrected chi connectivity index (χ3v) is 1.86. The summed E-state index contributed by atoms with van der Waals surface area (Å²) in [7, 11) is 0. The fourth-order valence-electron chi connectivity index (χ4n) is 1.20. The molecule has 0 unspecified atom stereocenters. The molecule has 85 valence electrons. The Hall–Kier alpha value is -1.32. The van der Waals surface area contributed by atoms with E-state index in [0.29, 0.717) is 0 Å². The van der Waals surface area contributed by atoms with Crippen molar-refractivity contribution in [2.75, 3.05) is 0 Å². The first-order valence-corrected chi connectivity index (χ1v) is 4.19. The molecule has 1 N–H and O–H groups in total. The minimum Gasteiger partial charge on any atom is -0.509 e. The molecule has 2 rings (SSSR count). The second-order valence-electron chi connectivity index (χ2n) is 2.94. The van der Waals surface area contributed by atoms with Crippen LogP contribution in [0.5, 0.6) is 5.75 Å². The van der Waals surface area contributed by atoms with Gasteiger partial charge in [-0.3, -0.25) is 8.78 Å². The van der Waals surface area contributed by atoms with Crippen LogP contribution in [0, 0.1) is 17.7 Å². The van der Waals surface area contributed by atoms with E-state index in [2.05, 4.69) is 11.1 Å². The van der Waals surface area contributed by atoms with Crippen molar-refractivity contribution in [3.05, 3.63) is 48.2 Å². The van der Waals surface area contributed by atoms with E-state index < -0.39 is 11.6 Å². The van der Waals surface area contributed by atoms with Crippen LogP contribution in [0.3, 0.4) is 0 Å². The van der Waals surface area contributed by atoms with Gasteiger partial charge >= 0.3 is 0 Å². The third kappa shape index (κ3) is 2.62. The molecule has 5 heteroatoms. The molecule has 0 aliphatic heterocycles. The Bertz CT molecular complexity index is 505. The molecule has 1 aromatic heterocycles. The van der Waals surface area contributed by atoms with Gasteiger partial charge in [-0.25, -0.2) is 0 Å². The zero-order valence-corrected chi connectivity index (χ0v) is 10.3. The van der Waals surface area contributed by atoms with Crippen LogP contribution in [0.15, 0.2) is 30.5 Å². The summed E-state index contributed by atoms with van der Waals surface area (Å²) in [6.45, 7) is 0.